The molecule has 0 atom stereocenters. The Balaban J connectivity index is 2.10. The summed E-state index contributed by atoms with van der Waals surface area (Å²) in [5.41, 5.74) is 2.12. The van der Waals surface area contributed by atoms with E-state index in [1.165, 1.54) is 6.20 Å². The Morgan fingerprint density at radius 2 is 2.12 bits per heavy atom. The lowest BCUT2D eigenvalue weighted by Gasteiger charge is -2.03. The minimum absolute atomic E-state index is 0.0184. The van der Waals surface area contributed by atoms with Crippen molar-refractivity contribution in [2.45, 2.75) is 13.5 Å². The van der Waals surface area contributed by atoms with Crippen molar-refractivity contribution in [1.29, 1.82) is 0 Å². The van der Waals surface area contributed by atoms with Gasteiger partial charge in [0.15, 0.2) is 0 Å². The number of aryl methyl sites for hydroxylation is 1. The summed E-state index contributed by atoms with van der Waals surface area (Å²) in [6.45, 7) is 1.73. The molecule has 2 rings (SSSR count). The molecular weight excluding hydrogens is 220 g/mol. The third-order valence-corrected chi connectivity index (χ3v) is 2.35. The van der Waals surface area contributed by atoms with E-state index < -0.39 is 0 Å². The Morgan fingerprint density at radius 3 is 2.65 bits per heavy atom. The molecular formula is C12H12N2O3. The molecule has 0 aliphatic rings. The lowest BCUT2D eigenvalue weighted by Crippen LogP contribution is -2.12. The summed E-state index contributed by atoms with van der Waals surface area (Å²) >= 11 is 0. The number of nitrogens with one attached hydrogen (secondary N) is 1. The Hall–Kier alpha value is -2.14. The van der Waals surface area contributed by atoms with Crippen LogP contribution in [0.15, 0.2) is 35.0 Å². The van der Waals surface area contributed by atoms with Gasteiger partial charge in [-0.3, -0.25) is 4.79 Å². The highest BCUT2D eigenvalue weighted by Gasteiger charge is 2.13. The standard InChI is InChI=1S/C12H12N2O3/c1-8-6-13-17-11(8)12(16)14-10-4-2-9(7-15)3-5-10/h2-6,15H,7H2,1H3,(H,14,16). The molecule has 0 saturated heterocycles. The van der Waals surface area contributed by atoms with Gasteiger partial charge in [0.2, 0.25) is 5.76 Å². The number of anilines is 1. The molecule has 1 aromatic heterocycles. The van der Waals surface area contributed by atoms with E-state index in [4.69, 9.17) is 9.63 Å². The van der Waals surface area contributed by atoms with Crippen LogP contribution >= 0.6 is 0 Å². The minimum Gasteiger partial charge on any atom is -0.392 e. The largest absolute Gasteiger partial charge is 0.392 e. The first-order valence-corrected chi connectivity index (χ1v) is 5.13. The van der Waals surface area contributed by atoms with Crippen molar-refractivity contribution in [3.05, 3.63) is 47.3 Å². The number of amides is 1. The number of hydrogen-bond donors (Lipinski definition) is 2. The minimum atomic E-state index is -0.336. The van der Waals surface area contributed by atoms with Gasteiger partial charge in [0, 0.05) is 11.3 Å². The van der Waals surface area contributed by atoms with Gasteiger partial charge in [0.1, 0.15) is 0 Å². The monoisotopic (exact) mass is 232 g/mol. The van der Waals surface area contributed by atoms with E-state index in [-0.39, 0.29) is 18.3 Å². The maximum Gasteiger partial charge on any atom is 0.294 e. The first-order chi connectivity index (χ1) is 8.20. The normalized spacial score (nSPS) is 10.2. The number of rotatable bonds is 3. The molecule has 0 fully saturated rings. The second-order valence-electron chi connectivity index (χ2n) is 3.65. The first kappa shape index (κ1) is 11.3. The average Bonchev–Trinajstić information content (AvgIpc) is 2.76. The number of carbonyl (C=O) groups excluding carboxylic acids is 1. The molecule has 5 heteroatoms. The van der Waals surface area contributed by atoms with E-state index in [9.17, 15) is 4.79 Å². The van der Waals surface area contributed by atoms with Crippen LogP contribution in [0.4, 0.5) is 5.69 Å². The third kappa shape index (κ3) is 2.51. The van der Waals surface area contributed by atoms with Crippen LogP contribution in [-0.2, 0) is 6.61 Å². The molecule has 0 spiro atoms. The SMILES string of the molecule is Cc1cnoc1C(=O)Nc1ccc(CO)cc1. The van der Waals surface area contributed by atoms with Crippen LogP contribution in [0.2, 0.25) is 0 Å². The molecule has 0 aliphatic heterocycles. The summed E-state index contributed by atoms with van der Waals surface area (Å²) in [7, 11) is 0. The molecule has 1 heterocycles. The maximum atomic E-state index is 11.8. The van der Waals surface area contributed by atoms with Crippen LogP contribution in [0.1, 0.15) is 21.7 Å². The van der Waals surface area contributed by atoms with Crippen LogP contribution in [-0.4, -0.2) is 16.2 Å². The summed E-state index contributed by atoms with van der Waals surface area (Å²) in [4.78, 5) is 11.8. The Morgan fingerprint density at radius 1 is 1.41 bits per heavy atom. The number of aromatic nitrogens is 1. The topological polar surface area (TPSA) is 75.4 Å². The van der Waals surface area contributed by atoms with Crippen LogP contribution in [0, 0.1) is 6.92 Å². The zero-order chi connectivity index (χ0) is 12.3. The fraction of sp³-hybridized carbons (Fsp3) is 0.167. The molecule has 2 N–H and O–H groups in total. The average molecular weight is 232 g/mol. The summed E-state index contributed by atoms with van der Waals surface area (Å²) in [6, 6.07) is 6.91. The molecule has 0 unspecified atom stereocenters. The highest BCUT2D eigenvalue weighted by molar-refractivity contribution is 6.03. The van der Waals surface area contributed by atoms with E-state index in [0.717, 1.165) is 5.56 Å². The molecule has 1 aromatic carbocycles. The van der Waals surface area contributed by atoms with Crippen LogP contribution < -0.4 is 5.32 Å². The molecule has 0 saturated carbocycles. The summed E-state index contributed by atoms with van der Waals surface area (Å²) in [6.07, 6.45) is 1.49. The maximum absolute atomic E-state index is 11.8. The van der Waals surface area contributed by atoms with E-state index in [1.54, 1.807) is 31.2 Å². The lowest BCUT2D eigenvalue weighted by molar-refractivity contribution is 0.0987. The van der Waals surface area contributed by atoms with Crippen molar-refractivity contribution in [2.24, 2.45) is 0 Å². The second kappa shape index (κ2) is 4.80. The molecule has 0 aliphatic carbocycles. The van der Waals surface area contributed by atoms with Gasteiger partial charge in [-0.05, 0) is 24.6 Å². The zero-order valence-electron chi connectivity index (χ0n) is 9.30. The number of aliphatic hydroxyl groups is 1. The molecule has 0 radical (unpaired) electrons. The Labute approximate surface area is 98.1 Å². The van der Waals surface area contributed by atoms with Crippen LogP contribution in [0.25, 0.3) is 0 Å². The van der Waals surface area contributed by atoms with Crippen molar-refractivity contribution in [3.63, 3.8) is 0 Å². The fourth-order valence-corrected chi connectivity index (χ4v) is 1.39. The summed E-state index contributed by atoms with van der Waals surface area (Å²) in [5, 5.41) is 15.1. The number of hydrogen-bond acceptors (Lipinski definition) is 4. The highest BCUT2D eigenvalue weighted by atomic mass is 16.5. The fourth-order valence-electron chi connectivity index (χ4n) is 1.39. The Bertz CT molecular complexity index is 517. The molecule has 0 bridgehead atoms. The number of carbonyl (C=O) groups is 1. The molecule has 1 amide bonds. The van der Waals surface area contributed by atoms with E-state index >= 15 is 0 Å². The molecule has 2 aromatic rings. The highest BCUT2D eigenvalue weighted by Crippen LogP contribution is 2.13. The zero-order valence-corrected chi connectivity index (χ0v) is 9.30. The van der Waals surface area contributed by atoms with Crippen LogP contribution in [0.3, 0.4) is 0 Å². The first-order valence-electron chi connectivity index (χ1n) is 5.13. The smallest absolute Gasteiger partial charge is 0.294 e. The van der Waals surface area contributed by atoms with Gasteiger partial charge in [-0.1, -0.05) is 17.3 Å². The van der Waals surface area contributed by atoms with Gasteiger partial charge >= 0.3 is 0 Å². The number of nitrogens with zero attached hydrogens (tertiary/aromatic N) is 1. The van der Waals surface area contributed by atoms with Gasteiger partial charge in [-0.25, -0.2) is 0 Å². The third-order valence-electron chi connectivity index (χ3n) is 2.35. The van der Waals surface area contributed by atoms with Gasteiger partial charge in [0.25, 0.3) is 5.91 Å². The lowest BCUT2D eigenvalue weighted by atomic mass is 10.2. The van der Waals surface area contributed by atoms with Crippen molar-refractivity contribution >= 4 is 11.6 Å². The second-order valence-corrected chi connectivity index (χ2v) is 3.65. The van der Waals surface area contributed by atoms with Gasteiger partial charge in [-0.15, -0.1) is 0 Å². The van der Waals surface area contributed by atoms with Gasteiger partial charge in [-0.2, -0.15) is 0 Å². The van der Waals surface area contributed by atoms with Crippen molar-refractivity contribution in [2.75, 3.05) is 5.32 Å². The number of aliphatic hydroxyl groups excluding tert-OH is 1. The summed E-state index contributed by atoms with van der Waals surface area (Å²) in [5.74, 6) is -0.131. The molecule has 17 heavy (non-hydrogen) atoms. The van der Waals surface area contributed by atoms with Gasteiger partial charge in [0.05, 0.1) is 12.8 Å². The van der Waals surface area contributed by atoms with E-state index in [1.807, 2.05) is 0 Å². The van der Waals surface area contributed by atoms with Crippen molar-refractivity contribution in [1.82, 2.24) is 5.16 Å². The van der Waals surface area contributed by atoms with Gasteiger partial charge < -0.3 is 14.9 Å². The number of benzene rings is 1. The molecule has 5 nitrogen and oxygen atoms in total. The van der Waals surface area contributed by atoms with E-state index in [0.29, 0.717) is 11.3 Å². The van der Waals surface area contributed by atoms with Crippen molar-refractivity contribution in [3.8, 4) is 0 Å². The predicted octanol–water partition coefficient (Wildman–Crippen LogP) is 1.73. The quantitative estimate of drug-likeness (QED) is 0.845. The van der Waals surface area contributed by atoms with Crippen molar-refractivity contribution < 1.29 is 14.4 Å². The van der Waals surface area contributed by atoms with Crippen LogP contribution in [0.5, 0.6) is 0 Å². The Kier molecular flexibility index (Phi) is 3.20. The predicted molar refractivity (Wildman–Crippen MR) is 61.6 cm³/mol. The molecule has 88 valence electrons. The van der Waals surface area contributed by atoms with E-state index in [2.05, 4.69) is 10.5 Å². The summed E-state index contributed by atoms with van der Waals surface area (Å²) < 4.78 is 4.84.